The molecule has 2 heterocycles. The summed E-state index contributed by atoms with van der Waals surface area (Å²) in [4.78, 5) is 25.3. The molecule has 1 aliphatic heterocycles. The zero-order chi connectivity index (χ0) is 21.6. The average Bonchev–Trinajstić information content (AvgIpc) is 2.78. The van der Waals surface area contributed by atoms with E-state index in [1.165, 1.54) is 18.0 Å². The number of nitrogens with zero attached hydrogens (tertiary/aromatic N) is 4. The van der Waals surface area contributed by atoms with E-state index >= 15 is 0 Å². The fraction of sp³-hybridized carbons (Fsp3) is 0.261. The normalized spacial score (nSPS) is 14.3. The third-order valence-electron chi connectivity index (χ3n) is 5.27. The fourth-order valence-corrected chi connectivity index (χ4v) is 3.51. The molecule has 0 saturated carbocycles. The number of benzene rings is 2. The van der Waals surface area contributed by atoms with Gasteiger partial charge < -0.3 is 10.2 Å². The van der Waals surface area contributed by atoms with Crippen LogP contribution in [-0.4, -0.2) is 47.1 Å². The first-order valence-electron chi connectivity index (χ1n) is 10.2. The molecule has 0 spiro atoms. The van der Waals surface area contributed by atoms with Gasteiger partial charge in [-0.05, 0) is 30.2 Å². The molecule has 1 aliphatic rings. The molecule has 1 saturated heterocycles. The molecule has 0 atom stereocenters. The van der Waals surface area contributed by atoms with Gasteiger partial charge in [-0.2, -0.15) is 0 Å². The minimum atomic E-state index is -0.486. The lowest BCUT2D eigenvalue weighted by Gasteiger charge is -2.35. The summed E-state index contributed by atoms with van der Waals surface area (Å²) in [6.45, 7) is 6.16. The number of aromatic nitrogens is 2. The van der Waals surface area contributed by atoms with Crippen LogP contribution >= 0.6 is 0 Å². The zero-order valence-electron chi connectivity index (χ0n) is 17.4. The second-order valence-electron chi connectivity index (χ2n) is 7.55. The van der Waals surface area contributed by atoms with Crippen LogP contribution in [-0.2, 0) is 6.54 Å². The summed E-state index contributed by atoms with van der Waals surface area (Å²) in [5.41, 5.74) is 2.21. The Kier molecular flexibility index (Phi) is 6.37. The minimum absolute atomic E-state index is 0.367. The first-order valence-corrected chi connectivity index (χ1v) is 10.2. The molecule has 4 rings (SSSR count). The lowest BCUT2D eigenvalue weighted by atomic mass is 10.2. The lowest BCUT2D eigenvalue weighted by Crippen LogP contribution is -2.46. The van der Waals surface area contributed by atoms with Crippen molar-refractivity contribution in [2.75, 3.05) is 41.7 Å². The highest BCUT2D eigenvalue weighted by atomic mass is 19.1. The number of nitrogens with one attached hydrogen (secondary N) is 2. The highest BCUT2D eigenvalue weighted by Gasteiger charge is 2.19. The third kappa shape index (κ3) is 5.55. The summed E-state index contributed by atoms with van der Waals surface area (Å²) in [7, 11) is 0. The van der Waals surface area contributed by atoms with E-state index < -0.39 is 6.03 Å². The molecular weight excluding hydrogens is 395 g/mol. The van der Waals surface area contributed by atoms with Crippen LogP contribution in [0.15, 0.2) is 60.9 Å². The van der Waals surface area contributed by atoms with Crippen LogP contribution in [0.2, 0.25) is 0 Å². The molecule has 7 nitrogen and oxygen atoms in total. The van der Waals surface area contributed by atoms with Gasteiger partial charge in [-0.3, -0.25) is 10.2 Å². The highest BCUT2D eigenvalue weighted by molar-refractivity contribution is 5.99. The Labute approximate surface area is 180 Å². The van der Waals surface area contributed by atoms with Gasteiger partial charge in [0.05, 0.1) is 0 Å². The van der Waals surface area contributed by atoms with E-state index in [0.717, 1.165) is 38.5 Å². The number of urea groups is 1. The number of halogens is 1. The van der Waals surface area contributed by atoms with Gasteiger partial charge in [0.2, 0.25) is 0 Å². The van der Waals surface area contributed by atoms with E-state index in [0.29, 0.717) is 17.1 Å². The predicted molar refractivity (Wildman–Crippen MR) is 120 cm³/mol. The molecular formula is C23H25FN6O. The van der Waals surface area contributed by atoms with Crippen LogP contribution < -0.4 is 15.5 Å². The van der Waals surface area contributed by atoms with Crippen LogP contribution in [0.4, 0.5) is 26.5 Å². The van der Waals surface area contributed by atoms with Crippen molar-refractivity contribution in [1.29, 1.82) is 0 Å². The van der Waals surface area contributed by atoms with E-state index in [2.05, 4.69) is 54.7 Å². The molecule has 1 fully saturated rings. The van der Waals surface area contributed by atoms with Crippen molar-refractivity contribution in [1.82, 2.24) is 14.9 Å². The van der Waals surface area contributed by atoms with Gasteiger partial charge in [0, 0.05) is 44.5 Å². The molecule has 2 N–H and O–H groups in total. The van der Waals surface area contributed by atoms with Crippen LogP contribution in [0.25, 0.3) is 0 Å². The standard InChI is InChI=1S/C23H25FN6O/c1-17-7-8-19(13-20(17)24)27-23(31)28-21-14-22(26-16-25-21)30-11-9-29(10-12-30)15-18-5-3-2-4-6-18/h2-8,13-14,16H,9-12,15H2,1H3,(H2,25,26,27,28,31). The predicted octanol–water partition coefficient (Wildman–Crippen LogP) is 3.89. The Morgan fingerprint density at radius 1 is 1.00 bits per heavy atom. The number of hydrogen-bond acceptors (Lipinski definition) is 5. The molecule has 1 aromatic heterocycles. The summed E-state index contributed by atoms with van der Waals surface area (Å²) >= 11 is 0. The van der Waals surface area contributed by atoms with Gasteiger partial charge in [-0.15, -0.1) is 0 Å². The smallest absolute Gasteiger partial charge is 0.324 e. The van der Waals surface area contributed by atoms with Crippen LogP contribution in [0, 0.1) is 12.7 Å². The molecule has 0 bridgehead atoms. The maximum Gasteiger partial charge on any atom is 0.324 e. The Morgan fingerprint density at radius 2 is 1.77 bits per heavy atom. The number of aryl methyl sites for hydroxylation is 1. The molecule has 3 aromatic rings. The quantitative estimate of drug-likeness (QED) is 0.655. The van der Waals surface area contributed by atoms with Gasteiger partial charge >= 0.3 is 6.03 Å². The largest absolute Gasteiger partial charge is 0.354 e. The molecule has 0 radical (unpaired) electrons. The average molecular weight is 420 g/mol. The van der Waals surface area contributed by atoms with Gasteiger partial charge in [-0.1, -0.05) is 36.4 Å². The van der Waals surface area contributed by atoms with Crippen molar-refractivity contribution in [3.05, 3.63) is 77.9 Å². The Balaban J connectivity index is 1.32. The fourth-order valence-electron chi connectivity index (χ4n) is 3.51. The SMILES string of the molecule is Cc1ccc(NC(=O)Nc2cc(N3CCN(Cc4ccccc4)CC3)ncn2)cc1F. The third-order valence-corrected chi connectivity index (χ3v) is 5.27. The second-order valence-corrected chi connectivity index (χ2v) is 7.55. The number of carbonyl (C=O) groups excluding carboxylic acids is 1. The molecule has 2 amide bonds. The molecule has 0 unspecified atom stereocenters. The first kappa shape index (κ1) is 20.7. The summed E-state index contributed by atoms with van der Waals surface area (Å²) in [6, 6.07) is 16.3. The monoisotopic (exact) mass is 420 g/mol. The molecule has 8 heteroatoms. The maximum absolute atomic E-state index is 13.7. The van der Waals surface area contributed by atoms with Gasteiger partial charge in [-0.25, -0.2) is 19.2 Å². The van der Waals surface area contributed by atoms with Gasteiger partial charge in [0.15, 0.2) is 0 Å². The number of piperazine rings is 1. The van der Waals surface area contributed by atoms with Gasteiger partial charge in [0.25, 0.3) is 0 Å². The number of carbonyl (C=O) groups is 1. The van der Waals surface area contributed by atoms with Crippen molar-refractivity contribution in [3.63, 3.8) is 0 Å². The van der Waals surface area contributed by atoms with E-state index in [4.69, 9.17) is 0 Å². The molecule has 31 heavy (non-hydrogen) atoms. The van der Waals surface area contributed by atoms with E-state index in [1.54, 1.807) is 25.1 Å². The van der Waals surface area contributed by atoms with Crippen LogP contribution in [0.1, 0.15) is 11.1 Å². The Morgan fingerprint density at radius 3 is 2.52 bits per heavy atom. The molecule has 0 aliphatic carbocycles. The Hall–Kier alpha value is -3.52. The number of hydrogen-bond donors (Lipinski definition) is 2. The minimum Gasteiger partial charge on any atom is -0.354 e. The topological polar surface area (TPSA) is 73.4 Å². The van der Waals surface area contributed by atoms with Gasteiger partial charge in [0.1, 0.15) is 23.8 Å². The van der Waals surface area contributed by atoms with Crippen molar-refractivity contribution >= 4 is 23.4 Å². The van der Waals surface area contributed by atoms with E-state index in [1.807, 2.05) is 6.07 Å². The molecule has 160 valence electrons. The van der Waals surface area contributed by atoms with Crippen molar-refractivity contribution in [3.8, 4) is 0 Å². The Bertz CT molecular complexity index is 1040. The first-order chi connectivity index (χ1) is 15.1. The summed E-state index contributed by atoms with van der Waals surface area (Å²) in [5.74, 6) is 0.793. The van der Waals surface area contributed by atoms with Crippen molar-refractivity contribution in [2.45, 2.75) is 13.5 Å². The van der Waals surface area contributed by atoms with Crippen molar-refractivity contribution in [2.24, 2.45) is 0 Å². The highest BCUT2D eigenvalue weighted by Crippen LogP contribution is 2.18. The summed E-state index contributed by atoms with van der Waals surface area (Å²) < 4.78 is 13.7. The molecule has 2 aromatic carbocycles. The van der Waals surface area contributed by atoms with Crippen LogP contribution in [0.3, 0.4) is 0 Å². The van der Waals surface area contributed by atoms with E-state index in [9.17, 15) is 9.18 Å². The number of anilines is 3. The summed E-state index contributed by atoms with van der Waals surface area (Å²) in [5, 5.41) is 5.30. The number of rotatable bonds is 5. The zero-order valence-corrected chi connectivity index (χ0v) is 17.4. The lowest BCUT2D eigenvalue weighted by molar-refractivity contribution is 0.249. The maximum atomic E-state index is 13.7. The van der Waals surface area contributed by atoms with Crippen molar-refractivity contribution < 1.29 is 9.18 Å². The van der Waals surface area contributed by atoms with E-state index in [-0.39, 0.29) is 5.82 Å². The summed E-state index contributed by atoms with van der Waals surface area (Å²) in [6.07, 6.45) is 1.44. The van der Waals surface area contributed by atoms with Crippen LogP contribution in [0.5, 0.6) is 0 Å². The second kappa shape index (κ2) is 9.53. The number of amides is 2.